The molecule has 1 aliphatic rings. The summed E-state index contributed by atoms with van der Waals surface area (Å²) in [5, 5.41) is 18.7. The normalized spacial score (nSPS) is 24.3. The lowest BCUT2D eigenvalue weighted by atomic mass is 10.1. The molecule has 1 aromatic rings. The van der Waals surface area contributed by atoms with Gasteiger partial charge in [-0.15, -0.1) is 0 Å². The quantitative estimate of drug-likeness (QED) is 0.876. The predicted octanol–water partition coefficient (Wildman–Crippen LogP) is 1.01. The fourth-order valence-corrected chi connectivity index (χ4v) is 4.02. The van der Waals surface area contributed by atoms with Crippen LogP contribution in [0, 0.1) is 18.3 Å². The minimum atomic E-state index is -3.60. The van der Waals surface area contributed by atoms with Crippen molar-refractivity contribution in [2.45, 2.75) is 30.8 Å². The Morgan fingerprint density at radius 3 is 2.63 bits per heavy atom. The van der Waals surface area contributed by atoms with Gasteiger partial charge in [-0.3, -0.25) is 0 Å². The maximum Gasteiger partial charge on any atom is 0.243 e. The predicted molar refractivity (Wildman–Crippen MR) is 69.9 cm³/mol. The van der Waals surface area contributed by atoms with E-state index in [1.165, 1.54) is 16.4 Å². The number of β-amino-alcohol motifs (C(OH)–C–C–N with tert-alkyl or cyclic N) is 1. The van der Waals surface area contributed by atoms with Crippen molar-refractivity contribution in [3.8, 4) is 6.07 Å². The van der Waals surface area contributed by atoms with E-state index in [1.807, 2.05) is 6.07 Å². The molecule has 2 rings (SSSR count). The van der Waals surface area contributed by atoms with Crippen LogP contribution >= 0.6 is 0 Å². The lowest BCUT2D eigenvalue weighted by Crippen LogP contribution is -2.34. The molecule has 0 aliphatic carbocycles. The van der Waals surface area contributed by atoms with Gasteiger partial charge in [-0.25, -0.2) is 8.42 Å². The van der Waals surface area contributed by atoms with Gasteiger partial charge in [-0.1, -0.05) is 0 Å². The SMILES string of the molecule is Cc1cc(C#N)ccc1S(=O)(=O)N1CCC(C)(O)C1. The zero-order valence-electron chi connectivity index (χ0n) is 10.9. The third-order valence-electron chi connectivity index (χ3n) is 3.34. The summed E-state index contributed by atoms with van der Waals surface area (Å²) in [7, 11) is -3.60. The van der Waals surface area contributed by atoms with E-state index in [4.69, 9.17) is 5.26 Å². The van der Waals surface area contributed by atoms with Crippen molar-refractivity contribution in [1.29, 1.82) is 5.26 Å². The van der Waals surface area contributed by atoms with Crippen molar-refractivity contribution in [1.82, 2.24) is 4.31 Å². The maximum absolute atomic E-state index is 12.5. The van der Waals surface area contributed by atoms with Crippen LogP contribution in [0.25, 0.3) is 0 Å². The average molecular weight is 280 g/mol. The molecular weight excluding hydrogens is 264 g/mol. The summed E-state index contributed by atoms with van der Waals surface area (Å²) >= 11 is 0. The Morgan fingerprint density at radius 1 is 1.47 bits per heavy atom. The van der Waals surface area contributed by atoms with Gasteiger partial charge in [0, 0.05) is 13.1 Å². The Morgan fingerprint density at radius 2 is 2.16 bits per heavy atom. The van der Waals surface area contributed by atoms with E-state index >= 15 is 0 Å². The molecule has 19 heavy (non-hydrogen) atoms. The molecule has 0 saturated carbocycles. The summed E-state index contributed by atoms with van der Waals surface area (Å²) in [4.78, 5) is 0.198. The second-order valence-corrected chi connectivity index (χ2v) is 7.08. The van der Waals surface area contributed by atoms with Gasteiger partial charge in [0.05, 0.1) is 22.1 Å². The van der Waals surface area contributed by atoms with Crippen LogP contribution in [0.5, 0.6) is 0 Å². The largest absolute Gasteiger partial charge is 0.389 e. The second kappa shape index (κ2) is 4.60. The average Bonchev–Trinajstić information content (AvgIpc) is 2.69. The monoisotopic (exact) mass is 280 g/mol. The van der Waals surface area contributed by atoms with Gasteiger partial charge in [-0.2, -0.15) is 9.57 Å². The Balaban J connectivity index is 2.39. The van der Waals surface area contributed by atoms with Crippen molar-refractivity contribution in [2.24, 2.45) is 0 Å². The molecule has 1 fully saturated rings. The molecule has 1 aliphatic heterocycles. The molecule has 102 valence electrons. The molecule has 1 N–H and O–H groups in total. The molecule has 0 spiro atoms. The number of hydrogen-bond donors (Lipinski definition) is 1. The molecule has 0 bridgehead atoms. The van der Waals surface area contributed by atoms with Gasteiger partial charge in [0.15, 0.2) is 0 Å². The molecule has 1 saturated heterocycles. The molecule has 1 unspecified atom stereocenters. The van der Waals surface area contributed by atoms with Gasteiger partial charge in [0.1, 0.15) is 0 Å². The van der Waals surface area contributed by atoms with Crippen LogP contribution in [0.1, 0.15) is 24.5 Å². The van der Waals surface area contributed by atoms with E-state index in [-0.39, 0.29) is 11.4 Å². The number of aliphatic hydroxyl groups is 1. The van der Waals surface area contributed by atoms with Crippen molar-refractivity contribution < 1.29 is 13.5 Å². The van der Waals surface area contributed by atoms with Gasteiger partial charge < -0.3 is 5.11 Å². The molecule has 0 aromatic heterocycles. The lowest BCUT2D eigenvalue weighted by Gasteiger charge is -2.20. The van der Waals surface area contributed by atoms with Crippen LogP contribution in [0.4, 0.5) is 0 Å². The number of nitrogens with zero attached hydrogens (tertiary/aromatic N) is 2. The van der Waals surface area contributed by atoms with Gasteiger partial charge in [0.25, 0.3) is 0 Å². The highest BCUT2D eigenvalue weighted by Gasteiger charge is 2.38. The molecule has 5 nitrogen and oxygen atoms in total. The highest BCUT2D eigenvalue weighted by Crippen LogP contribution is 2.28. The summed E-state index contributed by atoms with van der Waals surface area (Å²) in [6.45, 7) is 3.72. The molecule has 0 radical (unpaired) electrons. The van der Waals surface area contributed by atoms with E-state index in [9.17, 15) is 13.5 Å². The Bertz CT molecular complexity index is 644. The smallest absolute Gasteiger partial charge is 0.243 e. The van der Waals surface area contributed by atoms with E-state index in [0.29, 0.717) is 24.1 Å². The Kier molecular flexibility index (Phi) is 3.39. The Hall–Kier alpha value is -1.42. The van der Waals surface area contributed by atoms with E-state index in [2.05, 4.69) is 0 Å². The second-order valence-electron chi connectivity index (χ2n) is 5.18. The number of aryl methyl sites for hydroxylation is 1. The fourth-order valence-electron chi connectivity index (χ4n) is 2.26. The summed E-state index contributed by atoms with van der Waals surface area (Å²) in [6.07, 6.45) is 0.432. The van der Waals surface area contributed by atoms with Crippen molar-refractivity contribution in [3.05, 3.63) is 29.3 Å². The van der Waals surface area contributed by atoms with E-state index in [0.717, 1.165) is 0 Å². The summed E-state index contributed by atoms with van der Waals surface area (Å²) < 4.78 is 26.2. The van der Waals surface area contributed by atoms with Gasteiger partial charge in [-0.05, 0) is 44.0 Å². The first-order valence-corrected chi connectivity index (χ1v) is 7.43. The molecule has 1 atom stereocenters. The molecule has 0 amide bonds. The fraction of sp³-hybridized carbons (Fsp3) is 0.462. The molecule has 1 aromatic carbocycles. The summed E-state index contributed by atoms with van der Waals surface area (Å²) in [5.41, 5.74) is 0.0172. The number of nitriles is 1. The van der Waals surface area contributed by atoms with E-state index < -0.39 is 15.6 Å². The lowest BCUT2D eigenvalue weighted by molar-refractivity contribution is 0.0762. The first kappa shape index (κ1) is 14.0. The zero-order valence-corrected chi connectivity index (χ0v) is 11.7. The van der Waals surface area contributed by atoms with Crippen molar-refractivity contribution in [2.75, 3.05) is 13.1 Å². The van der Waals surface area contributed by atoms with E-state index in [1.54, 1.807) is 19.9 Å². The standard InChI is InChI=1S/C13H16N2O3S/c1-10-7-11(8-14)3-4-12(10)19(17,18)15-6-5-13(2,16)9-15/h3-4,7,16H,5-6,9H2,1-2H3. The first-order chi connectivity index (χ1) is 8.76. The van der Waals surface area contributed by atoms with Crippen LogP contribution in [0.3, 0.4) is 0 Å². The maximum atomic E-state index is 12.5. The summed E-state index contributed by atoms with van der Waals surface area (Å²) in [5.74, 6) is 0. The molecule has 6 heteroatoms. The van der Waals surface area contributed by atoms with Crippen LogP contribution in [-0.4, -0.2) is 36.5 Å². The minimum Gasteiger partial charge on any atom is -0.389 e. The highest BCUT2D eigenvalue weighted by atomic mass is 32.2. The third-order valence-corrected chi connectivity index (χ3v) is 5.34. The minimum absolute atomic E-state index is 0.106. The van der Waals surface area contributed by atoms with Gasteiger partial charge in [0.2, 0.25) is 10.0 Å². The van der Waals surface area contributed by atoms with Crippen LogP contribution in [-0.2, 0) is 10.0 Å². The zero-order chi connectivity index (χ0) is 14.3. The van der Waals surface area contributed by atoms with Crippen LogP contribution in [0.2, 0.25) is 0 Å². The van der Waals surface area contributed by atoms with Crippen molar-refractivity contribution in [3.63, 3.8) is 0 Å². The topological polar surface area (TPSA) is 81.4 Å². The first-order valence-electron chi connectivity index (χ1n) is 5.99. The number of hydrogen-bond acceptors (Lipinski definition) is 4. The molecule has 1 heterocycles. The van der Waals surface area contributed by atoms with Crippen LogP contribution in [0.15, 0.2) is 23.1 Å². The number of rotatable bonds is 2. The van der Waals surface area contributed by atoms with Crippen LogP contribution < -0.4 is 0 Å². The highest BCUT2D eigenvalue weighted by molar-refractivity contribution is 7.89. The summed E-state index contributed by atoms with van der Waals surface area (Å²) in [6, 6.07) is 6.49. The number of sulfonamides is 1. The Labute approximate surface area is 113 Å². The van der Waals surface area contributed by atoms with Gasteiger partial charge >= 0.3 is 0 Å². The molecular formula is C13H16N2O3S. The van der Waals surface area contributed by atoms with Crippen molar-refractivity contribution >= 4 is 10.0 Å². The number of benzene rings is 1. The third kappa shape index (κ3) is 2.63.